The fourth-order valence-electron chi connectivity index (χ4n) is 11.1. The van der Waals surface area contributed by atoms with Crippen molar-refractivity contribution in [3.05, 3.63) is 62.6 Å². The van der Waals surface area contributed by atoms with Crippen molar-refractivity contribution < 1.29 is 45.3 Å². The fraction of sp³-hybridized carbons (Fsp3) is 0.590. The first-order chi connectivity index (χ1) is 23.5. The first-order valence-electron chi connectivity index (χ1n) is 17.8. The number of carbonyl (C=O) groups is 2. The average molecular weight is 732 g/mol. The van der Waals surface area contributed by atoms with E-state index in [0.29, 0.717) is 48.8 Å². The minimum atomic E-state index is -1.39. The lowest BCUT2D eigenvalue weighted by Gasteiger charge is -2.63. The van der Waals surface area contributed by atoms with Crippen LogP contribution in [0, 0.1) is 46.3 Å². The zero-order valence-corrected chi connectivity index (χ0v) is 30.2. The van der Waals surface area contributed by atoms with E-state index in [1.54, 1.807) is 0 Å². The summed E-state index contributed by atoms with van der Waals surface area (Å²) in [4.78, 5) is 23.9. The van der Waals surface area contributed by atoms with Gasteiger partial charge in [0.2, 0.25) is 0 Å². The maximum absolute atomic E-state index is 12.0. The van der Waals surface area contributed by atoms with Gasteiger partial charge >= 0.3 is 11.9 Å². The van der Waals surface area contributed by atoms with Gasteiger partial charge in [-0.05, 0) is 145 Å². The third kappa shape index (κ3) is 6.11. The van der Waals surface area contributed by atoms with Crippen LogP contribution in [0.15, 0.2) is 30.3 Å². The molecule has 7 N–H and O–H groups in total. The highest BCUT2D eigenvalue weighted by atomic mass is 35.5. The fourth-order valence-corrected chi connectivity index (χ4v) is 11.5. The Hall–Kier alpha value is -2.82. The Morgan fingerprint density at radius 2 is 1.44 bits per heavy atom. The molecule has 272 valence electrons. The second-order valence-electron chi connectivity index (χ2n) is 16.0. The number of carboxylic acid groups (broad SMARTS) is 2. The molecule has 2 aromatic rings. The molecule has 0 radical (unpaired) electrons. The van der Waals surface area contributed by atoms with Crippen LogP contribution in [0.3, 0.4) is 0 Å². The molecular weight excluding hydrogens is 683 g/mol. The second-order valence-corrected chi connectivity index (χ2v) is 16.8. The van der Waals surface area contributed by atoms with Crippen LogP contribution in [0.2, 0.25) is 10.0 Å². The van der Waals surface area contributed by atoms with Crippen molar-refractivity contribution in [1.82, 2.24) is 0 Å². The van der Waals surface area contributed by atoms with Gasteiger partial charge in [0.15, 0.2) is 0 Å². The van der Waals surface area contributed by atoms with E-state index in [1.165, 1.54) is 24.3 Å². The molecule has 6 rings (SSSR count). The number of benzene rings is 2. The third-order valence-electron chi connectivity index (χ3n) is 13.7. The third-order valence-corrected chi connectivity index (χ3v) is 14.3. The highest BCUT2D eigenvalue weighted by Gasteiger charge is 2.65. The molecule has 0 spiro atoms. The lowest BCUT2D eigenvalue weighted by molar-refractivity contribution is -0.207. The molecular formula is C39H48Cl2O9. The van der Waals surface area contributed by atoms with E-state index in [-0.39, 0.29) is 62.5 Å². The first kappa shape index (κ1) is 37.0. The van der Waals surface area contributed by atoms with Gasteiger partial charge in [0, 0.05) is 0 Å². The molecule has 0 saturated heterocycles. The molecule has 11 heteroatoms. The van der Waals surface area contributed by atoms with E-state index in [0.717, 1.165) is 25.7 Å². The van der Waals surface area contributed by atoms with Crippen LogP contribution in [-0.2, 0) is 0 Å². The molecule has 11 atom stereocenters. The smallest absolute Gasteiger partial charge is 0.339 e. The molecule has 0 amide bonds. The van der Waals surface area contributed by atoms with Crippen LogP contribution < -0.4 is 0 Å². The highest BCUT2D eigenvalue weighted by molar-refractivity contribution is 6.33. The lowest BCUT2D eigenvalue weighted by Crippen LogP contribution is -2.62. The van der Waals surface area contributed by atoms with Gasteiger partial charge in [-0.25, -0.2) is 9.59 Å². The molecule has 4 saturated carbocycles. The maximum atomic E-state index is 12.0. The molecule has 3 unspecified atom stereocenters. The molecule has 4 aliphatic rings. The van der Waals surface area contributed by atoms with E-state index >= 15 is 0 Å². The summed E-state index contributed by atoms with van der Waals surface area (Å²) < 4.78 is 0. The number of aromatic hydroxyl groups is 2. The predicted octanol–water partition coefficient (Wildman–Crippen LogP) is 7.61. The minimum Gasteiger partial charge on any atom is -0.505 e. The van der Waals surface area contributed by atoms with Crippen molar-refractivity contribution in [1.29, 1.82) is 0 Å². The second kappa shape index (κ2) is 13.6. The van der Waals surface area contributed by atoms with Crippen molar-refractivity contribution in [2.75, 3.05) is 0 Å². The summed E-state index contributed by atoms with van der Waals surface area (Å²) in [6.07, 6.45) is 7.36. The van der Waals surface area contributed by atoms with Crippen LogP contribution in [0.4, 0.5) is 0 Å². The Bertz CT molecular complexity index is 1640. The Kier molecular flexibility index (Phi) is 10.1. The number of aliphatic hydroxyl groups excluding tert-OH is 3. The summed E-state index contributed by atoms with van der Waals surface area (Å²) in [7, 11) is 0. The summed E-state index contributed by atoms with van der Waals surface area (Å²) in [6, 6.07) is 5.35. The number of fused-ring (bicyclic) bond motifs is 5. The number of aromatic carboxylic acids is 2. The maximum Gasteiger partial charge on any atom is 0.339 e. The number of carboxylic acids is 2. The van der Waals surface area contributed by atoms with E-state index in [9.17, 15) is 45.3 Å². The van der Waals surface area contributed by atoms with E-state index in [1.807, 2.05) is 6.08 Å². The summed E-state index contributed by atoms with van der Waals surface area (Å²) in [5, 5.41) is 73.7. The van der Waals surface area contributed by atoms with Gasteiger partial charge < -0.3 is 35.7 Å². The number of halogens is 2. The van der Waals surface area contributed by atoms with Crippen LogP contribution in [0.25, 0.3) is 5.57 Å². The molecule has 0 aromatic heterocycles. The molecule has 0 heterocycles. The van der Waals surface area contributed by atoms with Crippen molar-refractivity contribution in [3.63, 3.8) is 0 Å². The summed E-state index contributed by atoms with van der Waals surface area (Å²) in [5.74, 6) is -2.86. The molecule has 50 heavy (non-hydrogen) atoms. The molecule has 2 aromatic carbocycles. The number of rotatable bonds is 8. The van der Waals surface area contributed by atoms with Gasteiger partial charge in [-0.3, -0.25) is 0 Å². The molecule has 0 aliphatic heterocycles. The van der Waals surface area contributed by atoms with Gasteiger partial charge in [-0.15, -0.1) is 0 Å². The number of aliphatic hydroxyl groups is 3. The molecule has 4 aliphatic carbocycles. The van der Waals surface area contributed by atoms with Crippen molar-refractivity contribution in [3.8, 4) is 11.5 Å². The van der Waals surface area contributed by atoms with Crippen molar-refractivity contribution in [2.24, 2.45) is 46.3 Å². The summed E-state index contributed by atoms with van der Waals surface area (Å²) >= 11 is 12.5. The molecule has 0 bridgehead atoms. The quantitative estimate of drug-likeness (QED) is 0.144. The number of phenols is 2. The van der Waals surface area contributed by atoms with E-state index < -0.39 is 46.8 Å². The van der Waals surface area contributed by atoms with Gasteiger partial charge in [0.05, 0.1) is 28.4 Å². The lowest BCUT2D eigenvalue weighted by atomic mass is 9.43. The zero-order valence-electron chi connectivity index (χ0n) is 28.6. The number of hydrogen-bond donors (Lipinski definition) is 7. The van der Waals surface area contributed by atoms with Crippen LogP contribution in [0.1, 0.15) is 110 Å². The number of hydrogen-bond acceptors (Lipinski definition) is 7. The summed E-state index contributed by atoms with van der Waals surface area (Å²) in [5.41, 5.74) is -0.137. The SMILES string of the molecule is C[C@H](CCC=C(c1cc(Cl)c(O)c(C(=O)O)c1)c1cc(Cl)c(O)c(C(=O)O)c1)[C@H]1CCC2C3C(C[C@H](O)[C@@]21C)[C@@]1(C)CC[C@@H](O)C[C@H]1C[C@H]3O. The van der Waals surface area contributed by atoms with Crippen LogP contribution >= 0.6 is 23.2 Å². The number of allylic oxidation sites excluding steroid dienone is 1. The standard InChI is InChI=1S/C39H48Cl2O9/c1-18(26-7-8-27-33-28(17-32(44)39(26,27)3)38(2)10-9-22(42)15-21(38)16-31(33)43)5-4-6-23(19-11-24(36(47)48)34(45)29(40)13-19)20-12-25(37(49)50)35(46)30(41)14-20/h6,11-14,18,21-22,26-28,31-33,42-46H,4-5,7-10,15-17H2,1-3H3,(H,47,48)(H,49,50)/t18-,21+,22-,26-,27?,28?,31-,32+,33?,38+,39-/m1/s1. The Balaban J connectivity index is 1.29. The normalized spacial score (nSPS) is 35.4. The largest absolute Gasteiger partial charge is 0.505 e. The Morgan fingerprint density at radius 1 is 0.860 bits per heavy atom. The van der Waals surface area contributed by atoms with Gasteiger partial charge in [0.25, 0.3) is 0 Å². The Morgan fingerprint density at radius 3 is 2.00 bits per heavy atom. The van der Waals surface area contributed by atoms with E-state index in [2.05, 4.69) is 20.8 Å². The van der Waals surface area contributed by atoms with Crippen molar-refractivity contribution in [2.45, 2.75) is 96.9 Å². The first-order valence-corrected chi connectivity index (χ1v) is 18.5. The highest BCUT2D eigenvalue weighted by Crippen LogP contribution is 2.68. The van der Waals surface area contributed by atoms with Crippen LogP contribution in [0.5, 0.6) is 11.5 Å². The summed E-state index contributed by atoms with van der Waals surface area (Å²) in [6.45, 7) is 6.71. The average Bonchev–Trinajstić information content (AvgIpc) is 3.41. The van der Waals surface area contributed by atoms with E-state index in [4.69, 9.17) is 23.2 Å². The monoisotopic (exact) mass is 730 g/mol. The topological polar surface area (TPSA) is 176 Å². The van der Waals surface area contributed by atoms with Crippen molar-refractivity contribution >= 4 is 40.7 Å². The molecule has 4 fully saturated rings. The minimum absolute atomic E-state index is 0.00834. The molecule has 9 nitrogen and oxygen atoms in total. The van der Waals surface area contributed by atoms with Gasteiger partial charge in [0.1, 0.15) is 22.6 Å². The van der Waals surface area contributed by atoms with Crippen LogP contribution in [-0.4, -0.2) is 66.0 Å². The Labute approximate surface area is 302 Å². The van der Waals surface area contributed by atoms with Gasteiger partial charge in [-0.2, -0.15) is 0 Å². The van der Waals surface area contributed by atoms with Gasteiger partial charge in [-0.1, -0.05) is 50.0 Å². The predicted molar refractivity (Wildman–Crippen MR) is 190 cm³/mol. The zero-order chi connectivity index (χ0) is 36.4.